The quantitative estimate of drug-likeness (QED) is 0.365. The first-order valence-electron chi connectivity index (χ1n) is 4.39. The van der Waals surface area contributed by atoms with Crippen LogP contribution in [-0.2, 0) is 4.74 Å². The summed E-state index contributed by atoms with van der Waals surface area (Å²) in [5, 5.41) is 7.58. The van der Waals surface area contributed by atoms with E-state index in [0.717, 1.165) is 31.4 Å². The predicted octanol–water partition coefficient (Wildman–Crippen LogP) is 0.205. The predicted molar refractivity (Wildman–Crippen MR) is 52.5 cm³/mol. The van der Waals surface area contributed by atoms with Crippen LogP contribution in [0.4, 0.5) is 0 Å². The molecule has 0 saturated heterocycles. The number of hydrogen-bond acceptors (Lipinski definition) is 3. The van der Waals surface area contributed by atoms with E-state index >= 15 is 0 Å². The van der Waals surface area contributed by atoms with E-state index in [1.807, 2.05) is 0 Å². The molecule has 0 bridgehead atoms. The molecule has 5 nitrogen and oxygen atoms in total. The second kappa shape index (κ2) is 4.81. The Kier molecular flexibility index (Phi) is 3.70. The smallest absolute Gasteiger partial charge is 0.211 e. The van der Waals surface area contributed by atoms with Crippen molar-refractivity contribution in [1.29, 1.82) is 0 Å². The zero-order valence-corrected chi connectivity index (χ0v) is 7.86. The minimum absolute atomic E-state index is 0.00652. The summed E-state index contributed by atoms with van der Waals surface area (Å²) < 4.78 is 5.24. The van der Waals surface area contributed by atoms with Crippen LogP contribution in [0.15, 0.2) is 10.2 Å². The van der Waals surface area contributed by atoms with Gasteiger partial charge in [0.1, 0.15) is 0 Å². The number of ether oxygens (including phenoxy) is 1. The highest BCUT2D eigenvalue weighted by Crippen LogP contribution is 2.18. The monoisotopic (exact) mass is 184 g/mol. The van der Waals surface area contributed by atoms with Crippen molar-refractivity contribution in [3.05, 3.63) is 0 Å². The topological polar surface area (TPSA) is 86.0 Å². The van der Waals surface area contributed by atoms with Crippen LogP contribution in [0.1, 0.15) is 25.7 Å². The van der Waals surface area contributed by atoms with Gasteiger partial charge in [-0.2, -0.15) is 5.10 Å². The summed E-state index contributed by atoms with van der Waals surface area (Å²) in [7, 11) is 1.72. The van der Waals surface area contributed by atoms with Crippen molar-refractivity contribution >= 4 is 11.7 Å². The van der Waals surface area contributed by atoms with E-state index < -0.39 is 0 Å². The molecule has 0 amide bonds. The molecule has 0 aromatic carbocycles. The van der Waals surface area contributed by atoms with Gasteiger partial charge in [-0.25, -0.2) is 0 Å². The van der Waals surface area contributed by atoms with Gasteiger partial charge in [0.05, 0.1) is 6.10 Å². The molecule has 5 heteroatoms. The van der Waals surface area contributed by atoms with Gasteiger partial charge in [0, 0.05) is 19.2 Å². The van der Waals surface area contributed by atoms with Crippen LogP contribution in [0, 0.1) is 0 Å². The molecule has 0 aromatic rings. The number of hydrogen-bond donors (Lipinski definition) is 2. The third kappa shape index (κ3) is 3.42. The van der Waals surface area contributed by atoms with Crippen molar-refractivity contribution in [2.24, 2.45) is 21.7 Å². The largest absolute Gasteiger partial charge is 0.381 e. The van der Waals surface area contributed by atoms with E-state index in [-0.39, 0.29) is 12.1 Å². The van der Waals surface area contributed by atoms with Gasteiger partial charge in [-0.15, -0.1) is 5.10 Å². The number of guanidine groups is 1. The van der Waals surface area contributed by atoms with Gasteiger partial charge in [0.15, 0.2) is 0 Å². The third-order valence-electron chi connectivity index (χ3n) is 2.09. The molecule has 1 rings (SSSR count). The number of rotatable bonds is 2. The lowest BCUT2D eigenvalue weighted by Gasteiger charge is -2.20. The summed E-state index contributed by atoms with van der Waals surface area (Å²) in [4.78, 5) is 0. The fraction of sp³-hybridized carbons (Fsp3) is 0.750. The van der Waals surface area contributed by atoms with Crippen molar-refractivity contribution < 1.29 is 4.74 Å². The zero-order valence-electron chi connectivity index (χ0n) is 7.86. The summed E-state index contributed by atoms with van der Waals surface area (Å²) in [6.45, 7) is 0. The average molecular weight is 184 g/mol. The molecule has 0 aliphatic heterocycles. The van der Waals surface area contributed by atoms with Crippen molar-refractivity contribution in [3.8, 4) is 0 Å². The highest BCUT2D eigenvalue weighted by Gasteiger charge is 2.17. The highest BCUT2D eigenvalue weighted by molar-refractivity contribution is 5.86. The lowest BCUT2D eigenvalue weighted by atomic mass is 9.96. The van der Waals surface area contributed by atoms with Gasteiger partial charge in [-0.3, -0.25) is 0 Å². The molecule has 0 spiro atoms. The van der Waals surface area contributed by atoms with E-state index in [2.05, 4.69) is 10.2 Å². The lowest BCUT2D eigenvalue weighted by Crippen LogP contribution is -2.24. The van der Waals surface area contributed by atoms with Crippen LogP contribution in [-0.4, -0.2) is 24.9 Å². The maximum absolute atomic E-state index is 5.24. The van der Waals surface area contributed by atoms with Crippen LogP contribution in [0.3, 0.4) is 0 Å². The fourth-order valence-corrected chi connectivity index (χ4v) is 1.42. The Labute approximate surface area is 77.8 Å². The van der Waals surface area contributed by atoms with E-state index in [1.54, 1.807) is 7.11 Å². The van der Waals surface area contributed by atoms with Crippen molar-refractivity contribution in [2.45, 2.75) is 31.8 Å². The second-order valence-electron chi connectivity index (χ2n) is 3.15. The molecule has 1 aliphatic carbocycles. The van der Waals surface area contributed by atoms with Crippen LogP contribution in [0.2, 0.25) is 0 Å². The molecule has 13 heavy (non-hydrogen) atoms. The molecular formula is C8H16N4O. The van der Waals surface area contributed by atoms with Gasteiger partial charge in [0.2, 0.25) is 5.96 Å². The minimum Gasteiger partial charge on any atom is -0.381 e. The zero-order chi connectivity index (χ0) is 9.68. The molecule has 1 fully saturated rings. The van der Waals surface area contributed by atoms with E-state index in [9.17, 15) is 0 Å². The summed E-state index contributed by atoms with van der Waals surface area (Å²) in [5.74, 6) is 0.00652. The minimum atomic E-state index is 0.00652. The maximum atomic E-state index is 5.24. The van der Waals surface area contributed by atoms with Gasteiger partial charge in [-0.05, 0) is 19.3 Å². The molecular weight excluding hydrogens is 168 g/mol. The molecule has 0 heterocycles. The third-order valence-corrected chi connectivity index (χ3v) is 2.09. The molecule has 1 atom stereocenters. The van der Waals surface area contributed by atoms with Crippen molar-refractivity contribution in [3.63, 3.8) is 0 Å². The molecule has 74 valence electrons. The van der Waals surface area contributed by atoms with E-state index in [4.69, 9.17) is 16.2 Å². The average Bonchev–Trinajstić information content (AvgIpc) is 2.15. The Balaban J connectivity index is 2.50. The molecule has 0 radical (unpaired) electrons. The second-order valence-corrected chi connectivity index (χ2v) is 3.15. The first-order chi connectivity index (χ1) is 6.22. The summed E-state index contributed by atoms with van der Waals surface area (Å²) in [6, 6.07) is 0. The van der Waals surface area contributed by atoms with E-state index in [0.29, 0.717) is 0 Å². The van der Waals surface area contributed by atoms with Gasteiger partial charge < -0.3 is 16.2 Å². The first-order valence-corrected chi connectivity index (χ1v) is 4.39. The van der Waals surface area contributed by atoms with Crippen molar-refractivity contribution in [1.82, 2.24) is 0 Å². The van der Waals surface area contributed by atoms with Crippen molar-refractivity contribution in [2.75, 3.05) is 7.11 Å². The summed E-state index contributed by atoms with van der Waals surface area (Å²) in [5.41, 5.74) is 11.4. The Morgan fingerprint density at radius 3 is 2.92 bits per heavy atom. The normalized spacial score (nSPS) is 25.9. The van der Waals surface area contributed by atoms with Crippen LogP contribution < -0.4 is 11.5 Å². The first kappa shape index (κ1) is 9.98. The molecule has 1 aliphatic rings. The Morgan fingerprint density at radius 2 is 2.31 bits per heavy atom. The van der Waals surface area contributed by atoms with Crippen LogP contribution >= 0.6 is 0 Å². The number of nitrogens with two attached hydrogens (primary N) is 2. The number of methoxy groups -OCH3 is 1. The van der Waals surface area contributed by atoms with Gasteiger partial charge in [0.25, 0.3) is 0 Å². The maximum Gasteiger partial charge on any atom is 0.211 e. The van der Waals surface area contributed by atoms with Gasteiger partial charge in [-0.1, -0.05) is 0 Å². The fourth-order valence-electron chi connectivity index (χ4n) is 1.42. The molecule has 1 saturated carbocycles. The molecule has 0 aromatic heterocycles. The Morgan fingerprint density at radius 1 is 1.54 bits per heavy atom. The van der Waals surface area contributed by atoms with Crippen LogP contribution in [0.25, 0.3) is 0 Å². The molecule has 1 unspecified atom stereocenters. The molecule has 4 N–H and O–H groups in total. The van der Waals surface area contributed by atoms with Crippen LogP contribution in [0.5, 0.6) is 0 Å². The van der Waals surface area contributed by atoms with E-state index in [1.165, 1.54) is 0 Å². The highest BCUT2D eigenvalue weighted by atomic mass is 16.5. The summed E-state index contributed by atoms with van der Waals surface area (Å²) >= 11 is 0. The standard InChI is InChI=1S/C8H16N4O/c1-13-7-4-2-3-6(5-7)11-12-8(9)10/h7H,2-5H2,1H3,(H4,9,10,12)/b11-6-. The number of nitrogens with zero attached hydrogens (tertiary/aromatic N) is 2. The Hall–Kier alpha value is -1.10. The summed E-state index contributed by atoms with van der Waals surface area (Å²) in [6.07, 6.45) is 4.28. The Bertz CT molecular complexity index is 220. The van der Waals surface area contributed by atoms with Gasteiger partial charge >= 0.3 is 0 Å². The SMILES string of the molecule is COC1CCC/C(=N/N=C(N)N)C1. The lowest BCUT2D eigenvalue weighted by molar-refractivity contribution is 0.0942.